The van der Waals surface area contributed by atoms with Gasteiger partial charge < -0.3 is 0 Å². The summed E-state index contributed by atoms with van der Waals surface area (Å²) >= 11 is 1.38. The first kappa shape index (κ1) is 11.6. The molecule has 7 nitrogen and oxygen atoms in total. The quantitative estimate of drug-likeness (QED) is 0.668. The third-order valence-corrected chi connectivity index (χ3v) is 3.27. The van der Waals surface area contributed by atoms with Crippen molar-refractivity contribution in [3.8, 4) is 16.4 Å². The van der Waals surface area contributed by atoms with E-state index < -0.39 is 0 Å². The molecular formula is C11H8N6OS. The van der Waals surface area contributed by atoms with Gasteiger partial charge in [-0.25, -0.2) is 0 Å². The van der Waals surface area contributed by atoms with Crippen molar-refractivity contribution in [2.24, 2.45) is 0 Å². The third kappa shape index (κ3) is 2.02. The number of carbonyl (C=O) groups excluding carboxylic acids is 1. The van der Waals surface area contributed by atoms with E-state index >= 15 is 0 Å². The van der Waals surface area contributed by atoms with Gasteiger partial charge in [0.2, 0.25) is 5.13 Å². The highest BCUT2D eigenvalue weighted by Gasteiger charge is 2.18. The Balaban J connectivity index is 2.22. The molecule has 0 saturated heterocycles. The van der Waals surface area contributed by atoms with Crippen LogP contribution in [-0.4, -0.2) is 36.5 Å². The van der Waals surface area contributed by atoms with Crippen molar-refractivity contribution < 1.29 is 4.79 Å². The minimum atomic E-state index is 0.263. The molecule has 0 bridgehead atoms. The van der Waals surface area contributed by atoms with Gasteiger partial charge in [-0.2, -0.15) is 4.68 Å². The maximum Gasteiger partial charge on any atom is 0.234 e. The Hall–Kier alpha value is -2.48. The van der Waals surface area contributed by atoms with Crippen molar-refractivity contribution in [1.29, 1.82) is 0 Å². The van der Waals surface area contributed by atoms with Crippen LogP contribution in [0.4, 0.5) is 0 Å². The molecule has 94 valence electrons. The number of rotatable bonds is 3. The van der Waals surface area contributed by atoms with Gasteiger partial charge in [0.1, 0.15) is 10.7 Å². The third-order valence-electron chi connectivity index (χ3n) is 2.46. The second kappa shape index (κ2) is 4.65. The van der Waals surface area contributed by atoms with Gasteiger partial charge in [-0.3, -0.25) is 9.78 Å². The molecule has 0 saturated carbocycles. The number of hydrogen-bond donors (Lipinski definition) is 0. The van der Waals surface area contributed by atoms with Gasteiger partial charge in [0.15, 0.2) is 12.0 Å². The van der Waals surface area contributed by atoms with Crippen LogP contribution < -0.4 is 0 Å². The predicted molar refractivity (Wildman–Crippen MR) is 68.2 cm³/mol. The van der Waals surface area contributed by atoms with E-state index in [2.05, 4.69) is 25.5 Å². The molecule has 0 atom stereocenters. The summed E-state index contributed by atoms with van der Waals surface area (Å²) in [6, 6.07) is 3.58. The van der Waals surface area contributed by atoms with Crippen LogP contribution in [0.15, 0.2) is 24.5 Å². The average Bonchev–Trinajstić information content (AvgIpc) is 3.05. The average molecular weight is 272 g/mol. The molecule has 0 unspecified atom stereocenters. The van der Waals surface area contributed by atoms with Crippen molar-refractivity contribution in [3.05, 3.63) is 35.2 Å². The zero-order chi connectivity index (χ0) is 13.2. The largest absolute Gasteiger partial charge is 0.296 e. The summed E-state index contributed by atoms with van der Waals surface area (Å²) in [7, 11) is 0. The molecule has 0 aliphatic heterocycles. The molecule has 3 heterocycles. The molecule has 0 radical (unpaired) electrons. The summed E-state index contributed by atoms with van der Waals surface area (Å²) < 4.78 is 1.52. The van der Waals surface area contributed by atoms with Crippen molar-refractivity contribution in [3.63, 3.8) is 0 Å². The van der Waals surface area contributed by atoms with E-state index in [1.807, 2.05) is 6.92 Å². The minimum Gasteiger partial charge on any atom is -0.296 e. The molecule has 19 heavy (non-hydrogen) atoms. The molecule has 3 aromatic heterocycles. The lowest BCUT2D eigenvalue weighted by Gasteiger charge is -2.02. The Morgan fingerprint density at radius 1 is 1.21 bits per heavy atom. The van der Waals surface area contributed by atoms with Crippen molar-refractivity contribution in [1.82, 2.24) is 30.2 Å². The lowest BCUT2D eigenvalue weighted by molar-refractivity contribution is 0.111. The molecule has 0 aliphatic rings. The van der Waals surface area contributed by atoms with E-state index in [0.29, 0.717) is 17.1 Å². The number of aryl methyl sites for hydroxylation is 1. The Bertz CT molecular complexity index is 720. The van der Waals surface area contributed by atoms with Gasteiger partial charge in [0, 0.05) is 18.0 Å². The zero-order valence-corrected chi connectivity index (χ0v) is 10.7. The van der Waals surface area contributed by atoms with Crippen LogP contribution in [0, 0.1) is 6.92 Å². The maximum atomic E-state index is 11.1. The van der Waals surface area contributed by atoms with Crippen LogP contribution in [-0.2, 0) is 0 Å². The molecule has 0 aromatic carbocycles. The summed E-state index contributed by atoms with van der Waals surface area (Å²) in [6.45, 7) is 1.85. The summed E-state index contributed by atoms with van der Waals surface area (Å²) in [5.41, 5.74) is 1.66. The molecule has 0 N–H and O–H groups in total. The van der Waals surface area contributed by atoms with Gasteiger partial charge >= 0.3 is 0 Å². The Labute approximate surface area is 112 Å². The fourth-order valence-corrected chi connectivity index (χ4v) is 2.30. The van der Waals surface area contributed by atoms with E-state index in [1.165, 1.54) is 16.0 Å². The predicted octanol–water partition coefficient (Wildman–Crippen LogP) is 1.30. The Morgan fingerprint density at radius 3 is 2.63 bits per heavy atom. The highest BCUT2D eigenvalue weighted by Crippen LogP contribution is 2.25. The molecule has 0 fully saturated rings. The van der Waals surface area contributed by atoms with Crippen LogP contribution in [0.3, 0.4) is 0 Å². The topological polar surface area (TPSA) is 86.5 Å². The van der Waals surface area contributed by atoms with Crippen LogP contribution in [0.25, 0.3) is 16.4 Å². The molecule has 0 spiro atoms. The zero-order valence-electron chi connectivity index (χ0n) is 9.89. The maximum absolute atomic E-state index is 11.1. The van der Waals surface area contributed by atoms with Crippen molar-refractivity contribution in [2.75, 3.05) is 0 Å². The van der Waals surface area contributed by atoms with E-state index in [0.717, 1.165) is 10.6 Å². The fraction of sp³-hybridized carbons (Fsp3) is 0.0909. The second-order valence-electron chi connectivity index (χ2n) is 3.69. The molecule has 0 amide bonds. The summed E-state index contributed by atoms with van der Waals surface area (Å²) in [6.07, 6.45) is 3.96. The van der Waals surface area contributed by atoms with Gasteiger partial charge in [0.05, 0.1) is 0 Å². The first-order chi connectivity index (χ1) is 9.29. The minimum absolute atomic E-state index is 0.263. The summed E-state index contributed by atoms with van der Waals surface area (Å²) in [5, 5.41) is 17.2. The molecule has 0 aliphatic carbocycles. The van der Waals surface area contributed by atoms with E-state index in [1.54, 1.807) is 24.5 Å². The Kier molecular flexibility index (Phi) is 2.84. The van der Waals surface area contributed by atoms with Gasteiger partial charge in [-0.1, -0.05) is 16.6 Å². The van der Waals surface area contributed by atoms with Crippen LogP contribution in [0.5, 0.6) is 0 Å². The van der Waals surface area contributed by atoms with Crippen molar-refractivity contribution >= 4 is 17.6 Å². The van der Waals surface area contributed by atoms with Gasteiger partial charge in [-0.15, -0.1) is 15.3 Å². The van der Waals surface area contributed by atoms with Crippen molar-refractivity contribution in [2.45, 2.75) is 6.92 Å². The molecular weight excluding hydrogens is 264 g/mol. The number of aromatic nitrogens is 6. The molecule has 3 aromatic rings. The number of nitrogens with zero attached hydrogens (tertiary/aromatic N) is 6. The highest BCUT2D eigenvalue weighted by molar-refractivity contribution is 7.13. The lowest BCUT2D eigenvalue weighted by Crippen LogP contribution is -1.99. The van der Waals surface area contributed by atoms with Gasteiger partial charge in [0.25, 0.3) is 0 Å². The number of hydrogen-bond acceptors (Lipinski definition) is 7. The number of pyridine rings is 1. The Morgan fingerprint density at radius 2 is 2.00 bits per heavy atom. The van der Waals surface area contributed by atoms with Gasteiger partial charge in [-0.05, 0) is 19.1 Å². The molecule has 8 heteroatoms. The number of carbonyl (C=O) groups is 1. The van der Waals surface area contributed by atoms with E-state index in [-0.39, 0.29) is 5.69 Å². The van der Waals surface area contributed by atoms with Crippen LogP contribution in [0.2, 0.25) is 0 Å². The first-order valence-corrected chi connectivity index (χ1v) is 6.23. The normalized spacial score (nSPS) is 10.6. The SMILES string of the molecule is Cc1nnc(-n2nnc(C=O)c2-c2ccncc2)s1. The number of aldehydes is 1. The monoisotopic (exact) mass is 272 g/mol. The van der Waals surface area contributed by atoms with E-state index in [9.17, 15) is 4.79 Å². The van der Waals surface area contributed by atoms with Crippen LogP contribution in [0.1, 0.15) is 15.5 Å². The second-order valence-corrected chi connectivity index (χ2v) is 4.85. The fourth-order valence-electron chi connectivity index (χ4n) is 1.66. The summed E-state index contributed by atoms with van der Waals surface area (Å²) in [4.78, 5) is 15.0. The molecule has 3 rings (SSSR count). The summed E-state index contributed by atoms with van der Waals surface area (Å²) in [5.74, 6) is 0. The van der Waals surface area contributed by atoms with Crippen LogP contribution >= 0.6 is 11.3 Å². The highest BCUT2D eigenvalue weighted by atomic mass is 32.1. The lowest BCUT2D eigenvalue weighted by atomic mass is 10.1. The van der Waals surface area contributed by atoms with E-state index in [4.69, 9.17) is 0 Å². The standard InChI is InChI=1S/C11H8N6OS/c1-7-13-15-11(19-7)17-10(9(6-18)14-16-17)8-2-4-12-5-3-8/h2-6H,1H3. The smallest absolute Gasteiger partial charge is 0.234 e. The first-order valence-electron chi connectivity index (χ1n) is 5.41.